The van der Waals surface area contributed by atoms with E-state index in [1.165, 1.54) is 65.3 Å². The van der Waals surface area contributed by atoms with Gasteiger partial charge in [0.05, 0.1) is 5.69 Å². The van der Waals surface area contributed by atoms with E-state index < -0.39 is 0 Å². The zero-order valence-corrected chi connectivity index (χ0v) is 25.8. The van der Waals surface area contributed by atoms with Gasteiger partial charge in [0.1, 0.15) is 0 Å². The SMILES string of the molecule is c1ccc(-c2ccc(-c3ccccc3N(c3ccc4c(ccc5ccccc54)c3)c3ccc4c(ccc5ccccc54)c3)cc2)cc1. The first-order valence-corrected chi connectivity index (χ1v) is 16.2. The van der Waals surface area contributed by atoms with Crippen molar-refractivity contribution >= 4 is 60.2 Å². The minimum Gasteiger partial charge on any atom is -0.310 e. The molecule has 0 bridgehead atoms. The monoisotopic (exact) mass is 597 g/mol. The molecule has 220 valence electrons. The third-order valence-corrected chi connectivity index (χ3v) is 9.42. The molecule has 0 N–H and O–H groups in total. The highest BCUT2D eigenvalue weighted by atomic mass is 15.1. The lowest BCUT2D eigenvalue weighted by Crippen LogP contribution is -2.11. The summed E-state index contributed by atoms with van der Waals surface area (Å²) in [6, 6.07) is 68.3. The molecule has 9 aromatic carbocycles. The van der Waals surface area contributed by atoms with Crippen LogP contribution in [0, 0.1) is 0 Å². The van der Waals surface area contributed by atoms with E-state index in [2.05, 4.69) is 193 Å². The lowest BCUT2D eigenvalue weighted by atomic mass is 9.97. The third-order valence-electron chi connectivity index (χ3n) is 9.42. The van der Waals surface area contributed by atoms with Gasteiger partial charge in [0.25, 0.3) is 0 Å². The van der Waals surface area contributed by atoms with Gasteiger partial charge in [-0.3, -0.25) is 0 Å². The van der Waals surface area contributed by atoms with Crippen LogP contribution < -0.4 is 4.90 Å². The van der Waals surface area contributed by atoms with Gasteiger partial charge in [-0.05, 0) is 90.1 Å². The summed E-state index contributed by atoms with van der Waals surface area (Å²) in [4.78, 5) is 2.42. The lowest BCUT2D eigenvalue weighted by Gasteiger charge is -2.28. The Balaban J connectivity index is 1.24. The molecule has 47 heavy (non-hydrogen) atoms. The van der Waals surface area contributed by atoms with Gasteiger partial charge in [-0.25, -0.2) is 0 Å². The summed E-state index contributed by atoms with van der Waals surface area (Å²) in [5.74, 6) is 0. The number of hydrogen-bond donors (Lipinski definition) is 0. The van der Waals surface area contributed by atoms with Crippen LogP contribution in [0.4, 0.5) is 17.1 Å². The van der Waals surface area contributed by atoms with Crippen LogP contribution in [0.2, 0.25) is 0 Å². The van der Waals surface area contributed by atoms with E-state index in [0.717, 1.165) is 17.1 Å². The Hall–Kier alpha value is -6.18. The van der Waals surface area contributed by atoms with E-state index in [1.807, 2.05) is 0 Å². The fourth-order valence-electron chi connectivity index (χ4n) is 7.09. The van der Waals surface area contributed by atoms with Crippen LogP contribution in [0.3, 0.4) is 0 Å². The molecule has 1 nitrogen and oxygen atoms in total. The van der Waals surface area contributed by atoms with Gasteiger partial charge in [-0.1, -0.05) is 158 Å². The van der Waals surface area contributed by atoms with Crippen molar-refractivity contribution in [2.45, 2.75) is 0 Å². The maximum Gasteiger partial charge on any atom is 0.0540 e. The molecule has 1 heteroatoms. The van der Waals surface area contributed by atoms with Crippen molar-refractivity contribution in [2.24, 2.45) is 0 Å². The molecule has 0 fully saturated rings. The first-order chi connectivity index (χ1) is 23.3. The van der Waals surface area contributed by atoms with Crippen molar-refractivity contribution in [3.8, 4) is 22.3 Å². The predicted molar refractivity (Wildman–Crippen MR) is 202 cm³/mol. The number of anilines is 3. The van der Waals surface area contributed by atoms with Crippen molar-refractivity contribution < 1.29 is 0 Å². The van der Waals surface area contributed by atoms with E-state index >= 15 is 0 Å². The van der Waals surface area contributed by atoms with Gasteiger partial charge >= 0.3 is 0 Å². The Labute approximate surface area is 274 Å². The summed E-state index contributed by atoms with van der Waals surface area (Å²) < 4.78 is 0. The summed E-state index contributed by atoms with van der Waals surface area (Å²) in [6.07, 6.45) is 0. The minimum absolute atomic E-state index is 1.13. The first kappa shape index (κ1) is 27.2. The highest BCUT2D eigenvalue weighted by molar-refractivity contribution is 6.10. The van der Waals surface area contributed by atoms with Gasteiger partial charge in [-0.2, -0.15) is 0 Å². The lowest BCUT2D eigenvalue weighted by molar-refractivity contribution is 1.29. The van der Waals surface area contributed by atoms with Crippen LogP contribution in [0.25, 0.3) is 65.3 Å². The Morgan fingerprint density at radius 3 is 1.34 bits per heavy atom. The number of fused-ring (bicyclic) bond motifs is 6. The fraction of sp³-hybridized carbons (Fsp3) is 0. The molecule has 0 heterocycles. The highest BCUT2D eigenvalue weighted by Gasteiger charge is 2.18. The van der Waals surface area contributed by atoms with Crippen LogP contribution in [0.1, 0.15) is 0 Å². The predicted octanol–water partition coefficient (Wildman–Crippen LogP) is 13.1. The van der Waals surface area contributed by atoms with E-state index in [0.29, 0.717) is 0 Å². The second kappa shape index (κ2) is 11.3. The maximum atomic E-state index is 2.42. The molecule has 0 amide bonds. The van der Waals surface area contributed by atoms with Gasteiger partial charge < -0.3 is 4.90 Å². The van der Waals surface area contributed by atoms with Crippen molar-refractivity contribution in [2.75, 3.05) is 4.90 Å². The zero-order valence-electron chi connectivity index (χ0n) is 25.8. The number of nitrogens with zero attached hydrogens (tertiary/aromatic N) is 1. The molecule has 0 aliphatic carbocycles. The van der Waals surface area contributed by atoms with E-state index in [4.69, 9.17) is 0 Å². The molecule has 0 saturated heterocycles. The highest BCUT2D eigenvalue weighted by Crippen LogP contribution is 2.43. The first-order valence-electron chi connectivity index (χ1n) is 16.2. The fourth-order valence-corrected chi connectivity index (χ4v) is 7.09. The summed E-state index contributed by atoms with van der Waals surface area (Å²) >= 11 is 0. The van der Waals surface area contributed by atoms with Gasteiger partial charge in [0.15, 0.2) is 0 Å². The minimum atomic E-state index is 1.13. The molecule has 0 aliphatic heterocycles. The van der Waals surface area contributed by atoms with E-state index in [9.17, 15) is 0 Å². The number of hydrogen-bond acceptors (Lipinski definition) is 1. The van der Waals surface area contributed by atoms with Crippen LogP contribution in [0.5, 0.6) is 0 Å². The molecule has 0 atom stereocenters. The quantitative estimate of drug-likeness (QED) is 0.178. The smallest absolute Gasteiger partial charge is 0.0540 e. The van der Waals surface area contributed by atoms with E-state index in [1.54, 1.807) is 0 Å². The molecule has 0 saturated carbocycles. The maximum absolute atomic E-state index is 2.42. The zero-order chi connectivity index (χ0) is 31.2. The summed E-state index contributed by atoms with van der Waals surface area (Å²) in [5.41, 5.74) is 8.20. The Morgan fingerprint density at radius 2 is 0.723 bits per heavy atom. The van der Waals surface area contributed by atoms with Crippen LogP contribution in [-0.4, -0.2) is 0 Å². The van der Waals surface area contributed by atoms with Crippen LogP contribution in [0.15, 0.2) is 188 Å². The number of rotatable bonds is 5. The summed E-state index contributed by atoms with van der Waals surface area (Å²) in [7, 11) is 0. The molecule has 0 aliphatic rings. The topological polar surface area (TPSA) is 3.24 Å². The second-order valence-electron chi connectivity index (χ2n) is 12.2. The number of benzene rings is 9. The Morgan fingerprint density at radius 1 is 0.277 bits per heavy atom. The average Bonchev–Trinajstić information content (AvgIpc) is 3.15. The molecular weight excluding hydrogens is 567 g/mol. The van der Waals surface area contributed by atoms with Crippen LogP contribution >= 0.6 is 0 Å². The molecule has 0 spiro atoms. The molecule has 0 unspecified atom stereocenters. The molecule has 0 radical (unpaired) electrons. The van der Waals surface area contributed by atoms with Crippen LogP contribution in [-0.2, 0) is 0 Å². The second-order valence-corrected chi connectivity index (χ2v) is 12.2. The van der Waals surface area contributed by atoms with Gasteiger partial charge in [0, 0.05) is 16.9 Å². The average molecular weight is 598 g/mol. The number of para-hydroxylation sites is 1. The van der Waals surface area contributed by atoms with Crippen molar-refractivity contribution in [1.29, 1.82) is 0 Å². The van der Waals surface area contributed by atoms with Crippen molar-refractivity contribution in [3.05, 3.63) is 188 Å². The molecule has 0 aromatic heterocycles. The normalized spacial score (nSPS) is 11.4. The Bertz CT molecular complexity index is 2440. The third kappa shape index (κ3) is 4.81. The Kier molecular flexibility index (Phi) is 6.54. The molecule has 9 aromatic rings. The summed E-state index contributed by atoms with van der Waals surface area (Å²) in [6.45, 7) is 0. The van der Waals surface area contributed by atoms with Gasteiger partial charge in [-0.15, -0.1) is 0 Å². The van der Waals surface area contributed by atoms with E-state index in [-0.39, 0.29) is 0 Å². The van der Waals surface area contributed by atoms with Crippen molar-refractivity contribution in [1.82, 2.24) is 0 Å². The largest absolute Gasteiger partial charge is 0.310 e. The van der Waals surface area contributed by atoms with Crippen molar-refractivity contribution in [3.63, 3.8) is 0 Å². The van der Waals surface area contributed by atoms with Gasteiger partial charge in [0.2, 0.25) is 0 Å². The standard InChI is InChI=1S/C46H31N/c1-2-10-32(11-3-1)33-18-20-36(21-19-33)45-16-8-9-17-46(45)47(39-26-28-43-37(30-39)24-22-34-12-4-6-14-41(34)43)40-27-29-44-38(31-40)25-23-35-13-5-7-15-42(35)44/h1-31H. The summed E-state index contributed by atoms with van der Waals surface area (Å²) in [5, 5.41) is 10.1. The molecular formula is C46H31N. The molecule has 9 rings (SSSR count).